The van der Waals surface area contributed by atoms with Gasteiger partial charge >= 0.3 is 6.18 Å². The van der Waals surface area contributed by atoms with Crippen molar-refractivity contribution in [1.29, 1.82) is 0 Å². The highest BCUT2D eigenvalue weighted by molar-refractivity contribution is 6.00. The van der Waals surface area contributed by atoms with Crippen LogP contribution in [0.15, 0.2) is 54.6 Å². The highest BCUT2D eigenvalue weighted by atomic mass is 35.5. The molecule has 1 aliphatic heterocycles. The maximum absolute atomic E-state index is 13.4. The summed E-state index contributed by atoms with van der Waals surface area (Å²) in [6.07, 6.45) is 5.97. The van der Waals surface area contributed by atoms with Gasteiger partial charge in [0.25, 0.3) is 5.91 Å². The number of nitrogens with one attached hydrogen (secondary N) is 1. The number of hydrogen-bond donors (Lipinski definition) is 1. The van der Waals surface area contributed by atoms with E-state index >= 15 is 0 Å². The third kappa shape index (κ3) is 7.54. The first kappa shape index (κ1) is 29.6. The Bertz CT molecular complexity index is 1130. The van der Waals surface area contributed by atoms with Crippen LogP contribution in [0.4, 0.5) is 18.9 Å². The number of carbonyl (C=O) groups excluding carboxylic acids is 2. The lowest BCUT2D eigenvalue weighted by atomic mass is 9.84. The monoisotopic (exact) mass is 555 g/mol. The van der Waals surface area contributed by atoms with Gasteiger partial charge in [0, 0.05) is 32.1 Å². The molecule has 1 fully saturated rings. The summed E-state index contributed by atoms with van der Waals surface area (Å²) in [6.45, 7) is 1.08. The zero-order chi connectivity index (χ0) is 26.4. The minimum atomic E-state index is -4.59. The van der Waals surface area contributed by atoms with E-state index in [1.54, 1.807) is 19.4 Å². The van der Waals surface area contributed by atoms with Gasteiger partial charge in [-0.2, -0.15) is 13.2 Å². The number of anilines is 1. The molecule has 2 aromatic rings. The Kier molecular flexibility index (Phi) is 10.3. The van der Waals surface area contributed by atoms with Gasteiger partial charge in [0.1, 0.15) is 17.6 Å². The summed E-state index contributed by atoms with van der Waals surface area (Å²) in [5.41, 5.74) is -0.318. The summed E-state index contributed by atoms with van der Waals surface area (Å²) in [6, 6.07) is 5.88. The Morgan fingerprint density at radius 2 is 1.89 bits per heavy atom. The number of amides is 2. The molecule has 208 valence electrons. The van der Waals surface area contributed by atoms with Crippen LogP contribution in [0.2, 0.25) is 0 Å². The average Bonchev–Trinajstić information content (AvgIpc) is 3.47. The van der Waals surface area contributed by atoms with Crippen LogP contribution in [-0.4, -0.2) is 47.6 Å². The molecule has 1 aromatic carbocycles. The maximum atomic E-state index is 13.4. The van der Waals surface area contributed by atoms with Gasteiger partial charge in [-0.25, -0.2) is 0 Å². The van der Waals surface area contributed by atoms with Crippen LogP contribution in [0, 0.1) is 5.92 Å². The van der Waals surface area contributed by atoms with E-state index in [1.807, 2.05) is 10.8 Å². The van der Waals surface area contributed by atoms with Crippen molar-refractivity contribution in [3.63, 3.8) is 0 Å². The summed E-state index contributed by atoms with van der Waals surface area (Å²) in [4.78, 5) is 27.8. The first-order chi connectivity index (χ1) is 17.7. The standard InChI is InChI=1S/C27H32F3N3O4.ClH/c1-36-14-13-32-12-11-20(17-32)31-26(35)23(15-19-7-3-2-4-8-19)33-18-21(16-25(33)34)37-24-10-6-5-9-22(24)27(28,29)30;/h5-6,9-12,16-17,19,23H,2-4,7-8,13-15,18H2,1H3,(H,31,35);1H/t23-;/m0./s1. The van der Waals surface area contributed by atoms with Crippen molar-refractivity contribution in [1.82, 2.24) is 9.47 Å². The summed E-state index contributed by atoms with van der Waals surface area (Å²) in [7, 11) is 1.61. The molecule has 2 aliphatic rings. The van der Waals surface area contributed by atoms with Gasteiger partial charge in [0.2, 0.25) is 5.91 Å². The minimum absolute atomic E-state index is 0. The van der Waals surface area contributed by atoms with E-state index in [1.165, 1.54) is 29.2 Å². The van der Waals surface area contributed by atoms with Crippen molar-refractivity contribution in [2.24, 2.45) is 5.92 Å². The Morgan fingerprint density at radius 1 is 1.16 bits per heavy atom. The SMILES string of the molecule is COCCn1ccc(NC(=O)[C@H](CC2CCCCC2)N2CC(Oc3ccccc3C(F)(F)F)=CC2=O)c1.Cl. The fourth-order valence-corrected chi connectivity index (χ4v) is 4.96. The zero-order valence-corrected chi connectivity index (χ0v) is 22.0. The van der Waals surface area contributed by atoms with E-state index in [0.717, 1.165) is 38.2 Å². The lowest BCUT2D eigenvalue weighted by Crippen LogP contribution is -2.46. The van der Waals surface area contributed by atoms with Crippen LogP contribution in [0.25, 0.3) is 0 Å². The van der Waals surface area contributed by atoms with E-state index in [-0.39, 0.29) is 36.4 Å². The molecule has 1 N–H and O–H groups in total. The van der Waals surface area contributed by atoms with Crippen molar-refractivity contribution in [3.05, 3.63) is 60.1 Å². The molecule has 0 bridgehead atoms. The molecule has 2 amide bonds. The van der Waals surface area contributed by atoms with Gasteiger partial charge in [0.15, 0.2) is 0 Å². The molecule has 38 heavy (non-hydrogen) atoms. The second-order valence-corrected chi connectivity index (χ2v) is 9.55. The number of benzene rings is 1. The smallest absolute Gasteiger partial charge is 0.419 e. The minimum Gasteiger partial charge on any atom is -0.459 e. The van der Waals surface area contributed by atoms with E-state index in [9.17, 15) is 22.8 Å². The van der Waals surface area contributed by atoms with Gasteiger partial charge in [-0.3, -0.25) is 9.59 Å². The number of hydrogen-bond acceptors (Lipinski definition) is 4. The number of halogens is 4. The maximum Gasteiger partial charge on any atom is 0.419 e. The van der Waals surface area contributed by atoms with Gasteiger partial charge in [-0.05, 0) is 30.5 Å². The van der Waals surface area contributed by atoms with Crippen molar-refractivity contribution >= 4 is 29.9 Å². The van der Waals surface area contributed by atoms with Crippen molar-refractivity contribution in [2.45, 2.75) is 57.3 Å². The molecule has 2 heterocycles. The number of para-hydroxylation sites is 1. The molecular weight excluding hydrogens is 523 g/mol. The molecule has 4 rings (SSSR count). The number of carbonyl (C=O) groups is 2. The Labute approximate surface area is 226 Å². The largest absolute Gasteiger partial charge is 0.459 e. The van der Waals surface area contributed by atoms with E-state index in [4.69, 9.17) is 9.47 Å². The van der Waals surface area contributed by atoms with Crippen LogP contribution < -0.4 is 10.1 Å². The first-order valence-corrected chi connectivity index (χ1v) is 12.6. The number of ether oxygens (including phenoxy) is 2. The van der Waals surface area contributed by atoms with Crippen molar-refractivity contribution in [3.8, 4) is 5.75 Å². The summed E-state index contributed by atoms with van der Waals surface area (Å²) < 4.78 is 52.7. The molecule has 0 unspecified atom stereocenters. The summed E-state index contributed by atoms with van der Waals surface area (Å²) in [5, 5.41) is 2.91. The summed E-state index contributed by atoms with van der Waals surface area (Å²) in [5.74, 6) is -0.781. The first-order valence-electron chi connectivity index (χ1n) is 12.6. The number of alkyl halides is 3. The highest BCUT2D eigenvalue weighted by Gasteiger charge is 2.38. The number of nitrogens with zero attached hydrogens (tertiary/aromatic N) is 2. The van der Waals surface area contributed by atoms with Crippen LogP contribution >= 0.6 is 12.4 Å². The van der Waals surface area contributed by atoms with Crippen LogP contribution in [0.1, 0.15) is 44.1 Å². The lowest BCUT2D eigenvalue weighted by Gasteiger charge is -2.31. The lowest BCUT2D eigenvalue weighted by molar-refractivity contribution is -0.138. The Morgan fingerprint density at radius 3 is 2.61 bits per heavy atom. The molecule has 7 nitrogen and oxygen atoms in total. The third-order valence-electron chi connectivity index (χ3n) is 6.86. The van der Waals surface area contributed by atoms with Crippen LogP contribution in [0.5, 0.6) is 5.75 Å². The number of aromatic nitrogens is 1. The fraction of sp³-hybridized carbons (Fsp3) is 0.481. The van der Waals surface area contributed by atoms with Gasteiger partial charge < -0.3 is 24.3 Å². The fourth-order valence-electron chi connectivity index (χ4n) is 4.96. The zero-order valence-electron chi connectivity index (χ0n) is 21.2. The predicted octanol–water partition coefficient (Wildman–Crippen LogP) is 5.66. The number of methoxy groups -OCH3 is 1. The molecule has 11 heteroatoms. The molecule has 0 radical (unpaired) electrons. The van der Waals surface area contributed by atoms with Crippen molar-refractivity contribution < 1.29 is 32.2 Å². The Hall–Kier alpha value is -2.98. The van der Waals surface area contributed by atoms with Gasteiger partial charge in [-0.15, -0.1) is 12.4 Å². The molecule has 1 atom stereocenters. The van der Waals surface area contributed by atoms with E-state index < -0.39 is 23.7 Å². The second-order valence-electron chi connectivity index (χ2n) is 9.55. The van der Waals surface area contributed by atoms with E-state index in [2.05, 4.69) is 5.32 Å². The third-order valence-corrected chi connectivity index (χ3v) is 6.86. The predicted molar refractivity (Wildman–Crippen MR) is 139 cm³/mol. The topological polar surface area (TPSA) is 72.8 Å². The normalized spacial score (nSPS) is 17.1. The van der Waals surface area contributed by atoms with Gasteiger partial charge in [-0.1, -0.05) is 44.2 Å². The van der Waals surface area contributed by atoms with E-state index in [0.29, 0.717) is 31.2 Å². The summed E-state index contributed by atoms with van der Waals surface area (Å²) >= 11 is 0. The number of rotatable bonds is 10. The Balaban J connectivity index is 0.00000400. The second kappa shape index (κ2) is 13.2. The molecular formula is C27H33ClF3N3O4. The molecule has 1 aliphatic carbocycles. The van der Waals surface area contributed by atoms with Gasteiger partial charge in [0.05, 0.1) is 24.4 Å². The molecule has 1 saturated carbocycles. The van der Waals surface area contributed by atoms with Crippen molar-refractivity contribution in [2.75, 3.05) is 25.6 Å². The highest BCUT2D eigenvalue weighted by Crippen LogP contribution is 2.37. The van der Waals surface area contributed by atoms with Crippen LogP contribution in [0.3, 0.4) is 0 Å². The average molecular weight is 556 g/mol. The molecule has 0 saturated heterocycles. The quantitative estimate of drug-likeness (QED) is 0.411. The molecule has 1 aromatic heterocycles. The van der Waals surface area contributed by atoms with Crippen LogP contribution in [-0.2, 0) is 27.0 Å². The molecule has 0 spiro atoms.